The van der Waals surface area contributed by atoms with E-state index in [9.17, 15) is 13.2 Å². The average molecular weight is 289 g/mol. The molecule has 0 radical (unpaired) electrons. The molecule has 1 heterocycles. The number of nitrogens with one attached hydrogen (secondary N) is 1. The summed E-state index contributed by atoms with van der Waals surface area (Å²) in [6, 6.07) is 6.80. The first-order valence-corrected chi connectivity index (χ1v) is 6.68. The smallest absolute Gasteiger partial charge is 0.389 e. The highest BCUT2D eigenvalue weighted by Gasteiger charge is 2.33. The Hall–Kier alpha value is -1.43. The zero-order valence-corrected chi connectivity index (χ0v) is 11.2. The van der Waals surface area contributed by atoms with Gasteiger partial charge in [-0.15, -0.1) is 0 Å². The lowest BCUT2D eigenvalue weighted by Gasteiger charge is -2.32. The van der Waals surface area contributed by atoms with Crippen LogP contribution in [0.3, 0.4) is 0 Å². The van der Waals surface area contributed by atoms with E-state index in [4.69, 9.17) is 9.47 Å². The number of halogens is 3. The van der Waals surface area contributed by atoms with Crippen molar-refractivity contribution < 1.29 is 22.6 Å². The molecule has 3 nitrogen and oxygen atoms in total. The number of likely N-dealkylation sites (N-methyl/N-ethyl adjacent to an activating group) is 1. The molecule has 112 valence electrons. The number of rotatable bonds is 5. The van der Waals surface area contributed by atoms with Crippen molar-refractivity contribution in [1.82, 2.24) is 5.32 Å². The Morgan fingerprint density at radius 3 is 2.65 bits per heavy atom. The van der Waals surface area contributed by atoms with Crippen LogP contribution in [0.2, 0.25) is 0 Å². The number of para-hydroxylation sites is 2. The van der Waals surface area contributed by atoms with Crippen LogP contribution in [0, 0.1) is 0 Å². The van der Waals surface area contributed by atoms with Crippen molar-refractivity contribution in [2.24, 2.45) is 0 Å². The Bertz CT molecular complexity index is 437. The predicted octanol–water partition coefficient (Wildman–Crippen LogP) is 3.15. The second-order valence-electron chi connectivity index (χ2n) is 4.73. The number of alkyl halides is 3. The lowest BCUT2D eigenvalue weighted by Crippen LogP contribution is -2.48. The quantitative estimate of drug-likeness (QED) is 0.903. The third-order valence-corrected chi connectivity index (χ3v) is 3.18. The minimum absolute atomic E-state index is 0.0203. The van der Waals surface area contributed by atoms with Gasteiger partial charge in [-0.05, 0) is 25.1 Å². The van der Waals surface area contributed by atoms with Gasteiger partial charge in [0.2, 0.25) is 0 Å². The lowest BCUT2D eigenvalue weighted by molar-refractivity contribution is -0.138. The van der Waals surface area contributed by atoms with Crippen molar-refractivity contribution in [3.63, 3.8) is 0 Å². The van der Waals surface area contributed by atoms with Gasteiger partial charge in [0.25, 0.3) is 0 Å². The van der Waals surface area contributed by atoms with E-state index in [2.05, 4.69) is 5.32 Å². The molecule has 2 atom stereocenters. The maximum absolute atomic E-state index is 12.4. The van der Waals surface area contributed by atoms with Crippen molar-refractivity contribution in [3.05, 3.63) is 24.3 Å². The van der Waals surface area contributed by atoms with Crippen LogP contribution in [0.1, 0.15) is 19.8 Å². The Kier molecular flexibility index (Phi) is 4.75. The van der Waals surface area contributed by atoms with E-state index < -0.39 is 18.7 Å². The first-order valence-electron chi connectivity index (χ1n) is 6.68. The molecule has 6 heteroatoms. The molecule has 0 fully saturated rings. The molecular weight excluding hydrogens is 271 g/mol. The zero-order chi connectivity index (χ0) is 14.6. The molecule has 1 N–H and O–H groups in total. The molecule has 1 aromatic carbocycles. The normalized spacial score (nSPS) is 19.7. The van der Waals surface area contributed by atoms with Crippen LogP contribution in [0.5, 0.6) is 11.5 Å². The summed E-state index contributed by atoms with van der Waals surface area (Å²) < 4.78 is 48.4. The summed E-state index contributed by atoms with van der Waals surface area (Å²) in [6.07, 6.45) is -5.41. The number of fused-ring (bicyclic) bond motifs is 1. The Morgan fingerprint density at radius 1 is 1.30 bits per heavy atom. The molecule has 20 heavy (non-hydrogen) atoms. The fourth-order valence-electron chi connectivity index (χ4n) is 2.23. The standard InChI is InChI=1S/C14H18F3NO2/c1-2-18-10(7-8-14(15,16)17)13-9-19-11-5-3-4-6-12(11)20-13/h3-6,10,13,18H,2,7-9H2,1H3. The van der Waals surface area contributed by atoms with Crippen LogP contribution in [0.25, 0.3) is 0 Å². The van der Waals surface area contributed by atoms with E-state index >= 15 is 0 Å². The van der Waals surface area contributed by atoms with Crippen LogP contribution in [-0.4, -0.2) is 31.5 Å². The van der Waals surface area contributed by atoms with Gasteiger partial charge < -0.3 is 14.8 Å². The molecule has 0 bridgehead atoms. The first-order chi connectivity index (χ1) is 9.49. The maximum atomic E-state index is 12.4. The van der Waals surface area contributed by atoms with Gasteiger partial charge in [-0.2, -0.15) is 13.2 Å². The molecule has 0 saturated heterocycles. The summed E-state index contributed by atoms with van der Waals surface area (Å²) in [6.45, 7) is 2.70. The number of ether oxygens (including phenoxy) is 2. The number of hydrogen-bond donors (Lipinski definition) is 1. The largest absolute Gasteiger partial charge is 0.486 e. The van der Waals surface area contributed by atoms with Gasteiger partial charge in [0, 0.05) is 12.5 Å². The van der Waals surface area contributed by atoms with E-state index in [1.54, 1.807) is 12.1 Å². The second-order valence-corrected chi connectivity index (χ2v) is 4.73. The van der Waals surface area contributed by atoms with E-state index in [0.717, 1.165) is 0 Å². The van der Waals surface area contributed by atoms with Crippen LogP contribution >= 0.6 is 0 Å². The van der Waals surface area contributed by atoms with Crippen molar-refractivity contribution in [2.45, 2.75) is 38.1 Å². The first kappa shape index (κ1) is 15.0. The topological polar surface area (TPSA) is 30.5 Å². The monoisotopic (exact) mass is 289 g/mol. The maximum Gasteiger partial charge on any atom is 0.389 e. The molecule has 1 aliphatic rings. The van der Waals surface area contributed by atoms with Crippen LogP contribution in [-0.2, 0) is 0 Å². The Morgan fingerprint density at radius 2 is 2.00 bits per heavy atom. The summed E-state index contributed by atoms with van der Waals surface area (Å²) in [7, 11) is 0. The van der Waals surface area contributed by atoms with E-state index in [1.165, 1.54) is 0 Å². The average Bonchev–Trinajstić information content (AvgIpc) is 2.42. The molecule has 2 rings (SSSR count). The molecule has 0 saturated carbocycles. The van der Waals surface area contributed by atoms with Crippen molar-refractivity contribution in [2.75, 3.05) is 13.2 Å². The third-order valence-electron chi connectivity index (χ3n) is 3.18. The molecule has 0 spiro atoms. The fourth-order valence-corrected chi connectivity index (χ4v) is 2.23. The van der Waals surface area contributed by atoms with Gasteiger partial charge in [-0.25, -0.2) is 0 Å². The molecule has 0 aliphatic carbocycles. The highest BCUT2D eigenvalue weighted by Crippen LogP contribution is 2.32. The van der Waals surface area contributed by atoms with Gasteiger partial charge in [0.05, 0.1) is 0 Å². The predicted molar refractivity (Wildman–Crippen MR) is 69.1 cm³/mol. The summed E-state index contributed by atoms with van der Waals surface area (Å²) in [5.74, 6) is 1.22. The minimum Gasteiger partial charge on any atom is -0.486 e. The lowest BCUT2D eigenvalue weighted by atomic mass is 10.0. The van der Waals surface area contributed by atoms with Gasteiger partial charge in [0.15, 0.2) is 11.5 Å². The van der Waals surface area contributed by atoms with Gasteiger partial charge in [-0.3, -0.25) is 0 Å². The van der Waals surface area contributed by atoms with E-state index in [1.807, 2.05) is 19.1 Å². The molecule has 1 aromatic rings. The Balaban J connectivity index is 2.00. The summed E-state index contributed by atoms with van der Waals surface area (Å²) in [5, 5.41) is 3.05. The molecule has 2 unspecified atom stereocenters. The number of benzene rings is 1. The highest BCUT2D eigenvalue weighted by molar-refractivity contribution is 5.40. The summed E-state index contributed by atoms with van der Waals surface area (Å²) >= 11 is 0. The van der Waals surface area contributed by atoms with Crippen molar-refractivity contribution in [3.8, 4) is 11.5 Å². The van der Waals surface area contributed by atoms with Gasteiger partial charge in [-0.1, -0.05) is 19.1 Å². The van der Waals surface area contributed by atoms with Crippen LogP contribution in [0.15, 0.2) is 24.3 Å². The fraction of sp³-hybridized carbons (Fsp3) is 0.571. The van der Waals surface area contributed by atoms with Crippen LogP contribution < -0.4 is 14.8 Å². The van der Waals surface area contributed by atoms with E-state index in [0.29, 0.717) is 18.0 Å². The summed E-state index contributed by atoms with van der Waals surface area (Å²) in [4.78, 5) is 0. The van der Waals surface area contributed by atoms with Crippen molar-refractivity contribution in [1.29, 1.82) is 0 Å². The molecular formula is C14H18F3NO2. The van der Waals surface area contributed by atoms with Crippen molar-refractivity contribution >= 4 is 0 Å². The highest BCUT2D eigenvalue weighted by atomic mass is 19.4. The zero-order valence-electron chi connectivity index (χ0n) is 11.2. The van der Waals surface area contributed by atoms with Gasteiger partial charge in [0.1, 0.15) is 12.7 Å². The van der Waals surface area contributed by atoms with E-state index in [-0.39, 0.29) is 19.1 Å². The van der Waals surface area contributed by atoms with Crippen LogP contribution in [0.4, 0.5) is 13.2 Å². The molecule has 1 aliphatic heterocycles. The third kappa shape index (κ3) is 4.03. The Labute approximate surface area is 116 Å². The summed E-state index contributed by atoms with van der Waals surface area (Å²) in [5.41, 5.74) is 0. The molecule has 0 aromatic heterocycles. The second kappa shape index (κ2) is 6.35. The minimum atomic E-state index is -4.15. The van der Waals surface area contributed by atoms with Gasteiger partial charge >= 0.3 is 6.18 Å². The molecule has 0 amide bonds. The number of hydrogen-bond acceptors (Lipinski definition) is 3. The SMILES string of the molecule is CCNC(CCC(F)(F)F)C1COc2ccccc2O1.